The van der Waals surface area contributed by atoms with Crippen molar-refractivity contribution in [1.29, 1.82) is 0 Å². The van der Waals surface area contributed by atoms with Gasteiger partial charge in [-0.25, -0.2) is 4.39 Å². The quantitative estimate of drug-likeness (QED) is 0.828. The molecule has 2 aromatic rings. The Kier molecular flexibility index (Phi) is 4.56. The molecule has 1 heterocycles. The van der Waals surface area contributed by atoms with E-state index in [0.29, 0.717) is 22.3 Å². The molecule has 1 amide bonds. The van der Waals surface area contributed by atoms with Gasteiger partial charge in [-0.2, -0.15) is 0 Å². The van der Waals surface area contributed by atoms with Crippen LogP contribution in [0.15, 0.2) is 36.4 Å². The van der Waals surface area contributed by atoms with E-state index in [1.807, 2.05) is 6.92 Å². The zero-order chi connectivity index (χ0) is 13.8. The van der Waals surface area contributed by atoms with Crippen LogP contribution in [0.3, 0.4) is 0 Å². The van der Waals surface area contributed by atoms with Crippen LogP contribution in [0.2, 0.25) is 4.34 Å². The van der Waals surface area contributed by atoms with Crippen LogP contribution in [0.4, 0.5) is 4.39 Å². The lowest BCUT2D eigenvalue weighted by molar-refractivity contribution is 0.0757. The highest BCUT2D eigenvalue weighted by Gasteiger charge is 2.16. The van der Waals surface area contributed by atoms with Gasteiger partial charge in [0.1, 0.15) is 5.82 Å². The minimum atomic E-state index is -0.292. The first-order chi connectivity index (χ1) is 9.10. The first-order valence-electron chi connectivity index (χ1n) is 5.89. The number of benzene rings is 1. The number of nitrogens with zero attached hydrogens (tertiary/aromatic N) is 1. The van der Waals surface area contributed by atoms with Crippen LogP contribution in [0.1, 0.15) is 22.2 Å². The molecule has 0 atom stereocenters. The average Bonchev–Trinajstić information content (AvgIpc) is 2.82. The van der Waals surface area contributed by atoms with Gasteiger partial charge in [0, 0.05) is 13.1 Å². The van der Waals surface area contributed by atoms with Crippen molar-refractivity contribution in [2.24, 2.45) is 0 Å². The van der Waals surface area contributed by atoms with E-state index < -0.39 is 0 Å². The second-order valence-corrected chi connectivity index (χ2v) is 5.77. The Balaban J connectivity index is 2.14. The Morgan fingerprint density at radius 3 is 2.74 bits per heavy atom. The maximum Gasteiger partial charge on any atom is 0.264 e. The summed E-state index contributed by atoms with van der Waals surface area (Å²) < 4.78 is 13.7. The van der Waals surface area contributed by atoms with Crippen LogP contribution in [-0.2, 0) is 6.54 Å². The van der Waals surface area contributed by atoms with Crippen molar-refractivity contribution in [2.45, 2.75) is 13.5 Å². The third kappa shape index (κ3) is 3.55. The average molecular weight is 298 g/mol. The largest absolute Gasteiger partial charge is 0.334 e. The maximum atomic E-state index is 13.1. The summed E-state index contributed by atoms with van der Waals surface area (Å²) in [7, 11) is 0. The van der Waals surface area contributed by atoms with Crippen molar-refractivity contribution < 1.29 is 9.18 Å². The van der Waals surface area contributed by atoms with Crippen LogP contribution >= 0.6 is 22.9 Å². The summed E-state index contributed by atoms with van der Waals surface area (Å²) in [6.45, 7) is 2.85. The second kappa shape index (κ2) is 6.17. The van der Waals surface area contributed by atoms with E-state index in [0.717, 1.165) is 5.56 Å². The molecule has 0 fully saturated rings. The zero-order valence-corrected chi connectivity index (χ0v) is 12.0. The molecule has 19 heavy (non-hydrogen) atoms. The summed E-state index contributed by atoms with van der Waals surface area (Å²) in [5, 5.41) is 0. The van der Waals surface area contributed by atoms with Crippen molar-refractivity contribution >= 4 is 28.8 Å². The van der Waals surface area contributed by atoms with Crippen molar-refractivity contribution in [3.63, 3.8) is 0 Å². The van der Waals surface area contributed by atoms with Gasteiger partial charge in [0.05, 0.1) is 9.21 Å². The van der Waals surface area contributed by atoms with Gasteiger partial charge in [-0.1, -0.05) is 23.7 Å². The molecule has 0 aliphatic rings. The lowest BCUT2D eigenvalue weighted by Crippen LogP contribution is -2.29. The highest BCUT2D eigenvalue weighted by atomic mass is 35.5. The van der Waals surface area contributed by atoms with E-state index >= 15 is 0 Å². The SMILES string of the molecule is CCN(Cc1cccc(F)c1)C(=O)c1ccc(Cl)s1. The van der Waals surface area contributed by atoms with E-state index in [1.54, 1.807) is 29.2 Å². The molecule has 2 rings (SSSR count). The third-order valence-corrected chi connectivity index (χ3v) is 3.93. The number of thiophene rings is 1. The van der Waals surface area contributed by atoms with Gasteiger partial charge in [-0.05, 0) is 36.8 Å². The molecule has 100 valence electrons. The molecule has 0 aliphatic heterocycles. The molecule has 0 aliphatic carbocycles. The highest BCUT2D eigenvalue weighted by Crippen LogP contribution is 2.23. The lowest BCUT2D eigenvalue weighted by Gasteiger charge is -2.20. The molecule has 2 nitrogen and oxygen atoms in total. The fourth-order valence-corrected chi connectivity index (χ4v) is 2.78. The fourth-order valence-electron chi connectivity index (χ4n) is 1.77. The zero-order valence-electron chi connectivity index (χ0n) is 10.4. The summed E-state index contributed by atoms with van der Waals surface area (Å²) >= 11 is 7.08. The summed E-state index contributed by atoms with van der Waals surface area (Å²) in [4.78, 5) is 14.5. The van der Waals surface area contributed by atoms with Crippen LogP contribution in [0, 0.1) is 5.82 Å². The smallest absolute Gasteiger partial charge is 0.264 e. The number of amides is 1. The molecule has 1 aromatic heterocycles. The predicted octanol–water partition coefficient (Wildman–Crippen LogP) is 4.20. The van der Waals surface area contributed by atoms with E-state index in [4.69, 9.17) is 11.6 Å². The summed E-state index contributed by atoms with van der Waals surface area (Å²) in [5.74, 6) is -0.371. The fraction of sp³-hybridized carbons (Fsp3) is 0.214. The number of hydrogen-bond acceptors (Lipinski definition) is 2. The first-order valence-corrected chi connectivity index (χ1v) is 7.08. The summed E-state index contributed by atoms with van der Waals surface area (Å²) in [6.07, 6.45) is 0. The number of halogens is 2. The van der Waals surface area contributed by atoms with E-state index in [-0.39, 0.29) is 11.7 Å². The van der Waals surface area contributed by atoms with Gasteiger partial charge in [-0.3, -0.25) is 4.79 Å². The highest BCUT2D eigenvalue weighted by molar-refractivity contribution is 7.17. The van der Waals surface area contributed by atoms with Gasteiger partial charge in [0.15, 0.2) is 0 Å². The van der Waals surface area contributed by atoms with E-state index in [1.165, 1.54) is 23.5 Å². The van der Waals surface area contributed by atoms with Crippen LogP contribution in [-0.4, -0.2) is 17.4 Å². The molecule has 0 saturated heterocycles. The minimum absolute atomic E-state index is 0.0799. The first kappa shape index (κ1) is 14.0. The monoisotopic (exact) mass is 297 g/mol. The second-order valence-electron chi connectivity index (χ2n) is 4.05. The Bertz CT molecular complexity index is 584. The van der Waals surface area contributed by atoms with Gasteiger partial charge >= 0.3 is 0 Å². The summed E-state index contributed by atoms with van der Waals surface area (Å²) in [5.41, 5.74) is 0.776. The molecule has 1 aromatic carbocycles. The van der Waals surface area contributed by atoms with Crippen molar-refractivity contribution in [3.8, 4) is 0 Å². The van der Waals surface area contributed by atoms with Crippen LogP contribution < -0.4 is 0 Å². The van der Waals surface area contributed by atoms with Gasteiger partial charge in [-0.15, -0.1) is 11.3 Å². The number of rotatable bonds is 4. The molecular weight excluding hydrogens is 285 g/mol. The predicted molar refractivity (Wildman–Crippen MR) is 76.1 cm³/mol. The van der Waals surface area contributed by atoms with E-state index in [9.17, 15) is 9.18 Å². The third-order valence-electron chi connectivity index (χ3n) is 2.72. The van der Waals surface area contributed by atoms with Crippen molar-refractivity contribution in [1.82, 2.24) is 4.90 Å². The minimum Gasteiger partial charge on any atom is -0.334 e. The molecular formula is C14H13ClFNOS. The lowest BCUT2D eigenvalue weighted by atomic mass is 10.2. The van der Waals surface area contributed by atoms with Crippen molar-refractivity contribution in [2.75, 3.05) is 6.54 Å². The van der Waals surface area contributed by atoms with Gasteiger partial charge in [0.25, 0.3) is 5.91 Å². The Hall–Kier alpha value is -1.39. The standard InChI is InChI=1S/C14H13ClFNOS/c1-2-17(9-10-4-3-5-11(16)8-10)14(18)12-6-7-13(15)19-12/h3-8H,2,9H2,1H3. The van der Waals surface area contributed by atoms with Crippen LogP contribution in [0.5, 0.6) is 0 Å². The molecule has 0 bridgehead atoms. The maximum absolute atomic E-state index is 13.1. The topological polar surface area (TPSA) is 20.3 Å². The molecule has 0 saturated carbocycles. The molecule has 0 N–H and O–H groups in total. The van der Waals surface area contributed by atoms with Crippen LogP contribution in [0.25, 0.3) is 0 Å². The molecule has 5 heteroatoms. The van der Waals surface area contributed by atoms with Gasteiger partial charge < -0.3 is 4.90 Å². The number of hydrogen-bond donors (Lipinski definition) is 0. The van der Waals surface area contributed by atoms with Gasteiger partial charge in [0.2, 0.25) is 0 Å². The Labute approximate surface area is 120 Å². The normalized spacial score (nSPS) is 10.5. The van der Waals surface area contributed by atoms with Crippen molar-refractivity contribution in [3.05, 3.63) is 57.0 Å². The Morgan fingerprint density at radius 2 is 2.16 bits per heavy atom. The molecule has 0 unspecified atom stereocenters. The summed E-state index contributed by atoms with van der Waals surface area (Å²) in [6, 6.07) is 9.70. The number of carbonyl (C=O) groups excluding carboxylic acids is 1. The number of carbonyl (C=O) groups is 1. The Morgan fingerprint density at radius 1 is 1.37 bits per heavy atom. The van der Waals surface area contributed by atoms with E-state index in [2.05, 4.69) is 0 Å². The molecule has 0 spiro atoms. The molecule has 0 radical (unpaired) electrons.